The molecule has 0 saturated heterocycles. The molecule has 1 aromatic carbocycles. The van der Waals surface area contributed by atoms with Gasteiger partial charge in [0.1, 0.15) is 0 Å². The molecule has 106 valence electrons. The maximum atomic E-state index is 6.10. The number of hydrogen-bond acceptors (Lipinski definition) is 2. The monoisotopic (exact) mass is 328 g/mol. The summed E-state index contributed by atoms with van der Waals surface area (Å²) in [5.41, 5.74) is 1.93. The summed E-state index contributed by atoms with van der Waals surface area (Å²) < 4.78 is 0. The average molecular weight is 330 g/mol. The Morgan fingerprint density at radius 2 is 1.90 bits per heavy atom. The van der Waals surface area contributed by atoms with E-state index < -0.39 is 0 Å². The molecule has 0 saturated carbocycles. The van der Waals surface area contributed by atoms with Crippen LogP contribution in [0.4, 0.5) is 0 Å². The van der Waals surface area contributed by atoms with Crippen LogP contribution in [0.3, 0.4) is 0 Å². The van der Waals surface area contributed by atoms with Crippen molar-refractivity contribution in [3.8, 4) is 0 Å². The summed E-state index contributed by atoms with van der Waals surface area (Å²) in [6.45, 7) is 3.00. The number of benzene rings is 1. The smallest absolute Gasteiger partial charge is 0.0751 e. The summed E-state index contributed by atoms with van der Waals surface area (Å²) in [7, 11) is 0. The van der Waals surface area contributed by atoms with Gasteiger partial charge >= 0.3 is 0 Å². The Morgan fingerprint density at radius 3 is 2.50 bits per heavy atom. The first-order chi connectivity index (χ1) is 9.61. The summed E-state index contributed by atoms with van der Waals surface area (Å²) >= 11 is 18.0. The molecule has 5 heteroatoms. The number of halogens is 3. The molecule has 20 heavy (non-hydrogen) atoms. The van der Waals surface area contributed by atoms with Crippen LogP contribution in [0.1, 0.15) is 30.6 Å². The molecule has 1 N–H and O–H groups in total. The van der Waals surface area contributed by atoms with Crippen molar-refractivity contribution in [1.29, 1.82) is 0 Å². The van der Waals surface area contributed by atoms with Crippen LogP contribution in [0.25, 0.3) is 0 Å². The summed E-state index contributed by atoms with van der Waals surface area (Å²) in [6, 6.07) is 9.35. The van der Waals surface area contributed by atoms with Crippen molar-refractivity contribution in [2.75, 3.05) is 6.54 Å². The zero-order chi connectivity index (χ0) is 14.5. The van der Waals surface area contributed by atoms with Crippen LogP contribution in [0.2, 0.25) is 15.1 Å². The van der Waals surface area contributed by atoms with Gasteiger partial charge < -0.3 is 5.32 Å². The topological polar surface area (TPSA) is 24.9 Å². The van der Waals surface area contributed by atoms with Gasteiger partial charge in [-0.15, -0.1) is 0 Å². The lowest BCUT2D eigenvalue weighted by atomic mass is 10.0. The van der Waals surface area contributed by atoms with Gasteiger partial charge in [-0.05, 0) is 42.8 Å². The molecule has 1 atom stereocenters. The molecule has 0 aliphatic carbocycles. The fourth-order valence-electron chi connectivity index (χ4n) is 1.93. The number of pyridine rings is 1. The lowest BCUT2D eigenvalue weighted by molar-refractivity contribution is 0.586. The third kappa shape index (κ3) is 3.86. The molecule has 0 radical (unpaired) electrons. The minimum Gasteiger partial charge on any atom is -0.305 e. The third-order valence-electron chi connectivity index (χ3n) is 2.92. The fraction of sp³-hybridized carbons (Fsp3) is 0.267. The van der Waals surface area contributed by atoms with Crippen molar-refractivity contribution in [1.82, 2.24) is 10.3 Å². The van der Waals surface area contributed by atoms with Crippen LogP contribution in [-0.2, 0) is 0 Å². The molecule has 0 fully saturated rings. The predicted octanol–water partition coefficient (Wildman–Crippen LogP) is 5.13. The van der Waals surface area contributed by atoms with E-state index in [0.29, 0.717) is 15.1 Å². The van der Waals surface area contributed by atoms with Gasteiger partial charge in [0, 0.05) is 6.20 Å². The standard InChI is InChI=1S/C15H15Cl3N2/c1-2-7-19-15(14-6-4-11(16)9-20-14)10-3-5-12(17)13(18)8-10/h3-6,8-9,15,19H,2,7H2,1H3. The molecule has 0 bridgehead atoms. The van der Waals surface area contributed by atoms with E-state index in [4.69, 9.17) is 34.8 Å². The molecule has 1 heterocycles. The van der Waals surface area contributed by atoms with Gasteiger partial charge in [-0.3, -0.25) is 4.98 Å². The maximum absolute atomic E-state index is 6.10. The zero-order valence-electron chi connectivity index (χ0n) is 11.0. The van der Waals surface area contributed by atoms with Crippen molar-refractivity contribution in [2.24, 2.45) is 0 Å². The molecule has 0 aliphatic heterocycles. The molecule has 2 rings (SSSR count). The highest BCUT2D eigenvalue weighted by molar-refractivity contribution is 6.42. The Morgan fingerprint density at radius 1 is 1.10 bits per heavy atom. The molecular weight excluding hydrogens is 315 g/mol. The van der Waals surface area contributed by atoms with E-state index in [9.17, 15) is 0 Å². The average Bonchev–Trinajstić information content (AvgIpc) is 2.45. The van der Waals surface area contributed by atoms with Gasteiger partial charge in [0.15, 0.2) is 0 Å². The van der Waals surface area contributed by atoms with Gasteiger partial charge in [0.05, 0.1) is 26.8 Å². The largest absolute Gasteiger partial charge is 0.305 e. The molecule has 0 spiro atoms. The van der Waals surface area contributed by atoms with E-state index in [1.54, 1.807) is 12.3 Å². The van der Waals surface area contributed by atoms with Crippen molar-refractivity contribution < 1.29 is 0 Å². The van der Waals surface area contributed by atoms with Gasteiger partial charge in [0.25, 0.3) is 0 Å². The Hall–Kier alpha value is -0.800. The van der Waals surface area contributed by atoms with E-state index >= 15 is 0 Å². The first-order valence-corrected chi connectivity index (χ1v) is 7.55. The zero-order valence-corrected chi connectivity index (χ0v) is 13.3. The summed E-state index contributed by atoms with van der Waals surface area (Å²) in [5, 5.41) is 5.18. The Bertz CT molecular complexity index is 570. The van der Waals surface area contributed by atoms with Gasteiger partial charge in [-0.2, -0.15) is 0 Å². The highest BCUT2D eigenvalue weighted by atomic mass is 35.5. The van der Waals surface area contributed by atoms with Crippen LogP contribution in [-0.4, -0.2) is 11.5 Å². The highest BCUT2D eigenvalue weighted by Gasteiger charge is 2.15. The first-order valence-electron chi connectivity index (χ1n) is 6.41. The van der Waals surface area contributed by atoms with E-state index in [0.717, 1.165) is 24.2 Å². The lowest BCUT2D eigenvalue weighted by Crippen LogP contribution is -2.24. The summed E-state index contributed by atoms with van der Waals surface area (Å²) in [4.78, 5) is 4.39. The van der Waals surface area contributed by atoms with E-state index in [1.165, 1.54) is 0 Å². The van der Waals surface area contributed by atoms with Crippen LogP contribution >= 0.6 is 34.8 Å². The molecule has 0 amide bonds. The van der Waals surface area contributed by atoms with Crippen LogP contribution in [0, 0.1) is 0 Å². The number of nitrogens with zero attached hydrogens (tertiary/aromatic N) is 1. The van der Waals surface area contributed by atoms with Crippen molar-refractivity contribution in [3.05, 3.63) is 62.9 Å². The molecular formula is C15H15Cl3N2. The normalized spacial score (nSPS) is 12.4. The minimum atomic E-state index is -0.0259. The second-order valence-corrected chi connectivity index (χ2v) is 5.71. The summed E-state index contributed by atoms with van der Waals surface area (Å²) in [6.07, 6.45) is 2.68. The van der Waals surface area contributed by atoms with Crippen LogP contribution in [0.15, 0.2) is 36.5 Å². The number of rotatable bonds is 5. The number of aromatic nitrogens is 1. The molecule has 1 unspecified atom stereocenters. The minimum absolute atomic E-state index is 0.0259. The first kappa shape index (κ1) is 15.6. The van der Waals surface area contributed by atoms with E-state index in [-0.39, 0.29) is 6.04 Å². The Balaban J connectivity index is 2.35. The van der Waals surface area contributed by atoms with Gasteiger partial charge in [0.2, 0.25) is 0 Å². The number of nitrogens with one attached hydrogen (secondary N) is 1. The highest BCUT2D eigenvalue weighted by Crippen LogP contribution is 2.28. The number of hydrogen-bond donors (Lipinski definition) is 1. The van der Waals surface area contributed by atoms with Crippen LogP contribution in [0.5, 0.6) is 0 Å². The molecule has 2 aromatic rings. The van der Waals surface area contributed by atoms with Gasteiger partial charge in [-0.25, -0.2) is 0 Å². The molecule has 1 aromatic heterocycles. The predicted molar refractivity (Wildman–Crippen MR) is 85.8 cm³/mol. The molecule has 2 nitrogen and oxygen atoms in total. The Labute approximate surface area is 134 Å². The second-order valence-electron chi connectivity index (χ2n) is 4.46. The molecule has 0 aliphatic rings. The Kier molecular flexibility index (Phi) is 5.67. The van der Waals surface area contributed by atoms with Gasteiger partial charge in [-0.1, -0.05) is 47.8 Å². The lowest BCUT2D eigenvalue weighted by Gasteiger charge is -2.19. The fourth-order valence-corrected chi connectivity index (χ4v) is 2.35. The van der Waals surface area contributed by atoms with Crippen molar-refractivity contribution in [3.63, 3.8) is 0 Å². The van der Waals surface area contributed by atoms with Crippen LogP contribution < -0.4 is 5.32 Å². The van der Waals surface area contributed by atoms with E-state index in [1.807, 2.05) is 24.3 Å². The van der Waals surface area contributed by atoms with E-state index in [2.05, 4.69) is 17.2 Å². The SMILES string of the molecule is CCCNC(c1ccc(Cl)c(Cl)c1)c1ccc(Cl)cn1. The summed E-state index contributed by atoms with van der Waals surface area (Å²) in [5.74, 6) is 0. The third-order valence-corrected chi connectivity index (χ3v) is 3.88. The second kappa shape index (κ2) is 7.28. The quantitative estimate of drug-likeness (QED) is 0.822. The maximum Gasteiger partial charge on any atom is 0.0751 e. The van der Waals surface area contributed by atoms with Crippen molar-refractivity contribution in [2.45, 2.75) is 19.4 Å². The van der Waals surface area contributed by atoms with Crippen molar-refractivity contribution >= 4 is 34.8 Å².